The summed E-state index contributed by atoms with van der Waals surface area (Å²) in [5.41, 5.74) is 1.92. The zero-order chi connectivity index (χ0) is 17.9. The molecule has 0 spiro atoms. The Balaban J connectivity index is 1.63. The first-order valence-electron chi connectivity index (χ1n) is 10.3. The van der Waals surface area contributed by atoms with Crippen molar-refractivity contribution in [3.63, 3.8) is 0 Å². The van der Waals surface area contributed by atoms with Gasteiger partial charge in [0, 0.05) is 6.08 Å². The van der Waals surface area contributed by atoms with Gasteiger partial charge in [0.2, 0.25) is 0 Å². The largest absolute Gasteiger partial charge is 0.270 e. The molecule has 140 valence electrons. The molecular formula is C23H34F2. The molecule has 1 aromatic rings. The minimum atomic E-state index is -1.63. The van der Waals surface area contributed by atoms with Gasteiger partial charge >= 0.3 is 0 Å². The molecule has 25 heavy (non-hydrogen) atoms. The highest BCUT2D eigenvalue weighted by Gasteiger charge is 2.21. The van der Waals surface area contributed by atoms with Crippen LogP contribution in [0.2, 0.25) is 0 Å². The molecule has 0 heterocycles. The number of halogens is 2. The average molecular weight is 349 g/mol. The van der Waals surface area contributed by atoms with Crippen LogP contribution in [-0.2, 0) is 0 Å². The van der Waals surface area contributed by atoms with Crippen molar-refractivity contribution in [1.29, 1.82) is 0 Å². The van der Waals surface area contributed by atoms with Gasteiger partial charge in [-0.3, -0.25) is 0 Å². The summed E-state index contributed by atoms with van der Waals surface area (Å²) >= 11 is 0. The maximum Gasteiger partial charge on any atom is 0.270 e. The summed E-state index contributed by atoms with van der Waals surface area (Å²) in [5, 5.41) is 0. The summed E-state index contributed by atoms with van der Waals surface area (Å²) in [5.74, 6) is 1.54. The van der Waals surface area contributed by atoms with Crippen molar-refractivity contribution in [2.75, 3.05) is 0 Å². The summed E-state index contributed by atoms with van der Waals surface area (Å²) in [6, 6.07) is 7.71. The average Bonchev–Trinajstić information content (AvgIpc) is 2.62. The molecule has 0 atom stereocenters. The van der Waals surface area contributed by atoms with E-state index in [1.165, 1.54) is 82.6 Å². The molecule has 0 radical (unpaired) electrons. The first-order chi connectivity index (χ1) is 12.2. The first kappa shape index (κ1) is 20.1. The number of rotatable bonds is 10. The van der Waals surface area contributed by atoms with Crippen LogP contribution in [0.1, 0.15) is 101 Å². The summed E-state index contributed by atoms with van der Waals surface area (Å²) < 4.78 is 24.6. The topological polar surface area (TPSA) is 0 Å². The van der Waals surface area contributed by atoms with Gasteiger partial charge in [0.25, 0.3) is 6.08 Å². The first-order valence-corrected chi connectivity index (χ1v) is 10.3. The fraction of sp³-hybridized carbons (Fsp3) is 0.652. The van der Waals surface area contributed by atoms with Gasteiger partial charge in [-0.05, 0) is 48.6 Å². The van der Waals surface area contributed by atoms with Gasteiger partial charge in [0.15, 0.2) is 0 Å². The van der Waals surface area contributed by atoms with Crippen molar-refractivity contribution >= 4 is 6.08 Å². The summed E-state index contributed by atoms with van der Waals surface area (Å²) in [4.78, 5) is 0. The minimum absolute atomic E-state index is 0.594. The number of benzene rings is 1. The van der Waals surface area contributed by atoms with Crippen LogP contribution < -0.4 is 0 Å². The van der Waals surface area contributed by atoms with Crippen LogP contribution in [0.3, 0.4) is 0 Å². The van der Waals surface area contributed by atoms with E-state index in [1.807, 2.05) is 24.3 Å². The Labute approximate surface area is 152 Å². The maximum atomic E-state index is 12.3. The molecule has 1 saturated carbocycles. The molecule has 1 aromatic carbocycles. The van der Waals surface area contributed by atoms with E-state index in [9.17, 15) is 8.78 Å². The predicted octanol–water partition coefficient (Wildman–Crippen LogP) is 8.34. The molecule has 0 amide bonds. The molecule has 0 bridgehead atoms. The Hall–Kier alpha value is -1.18. The highest BCUT2D eigenvalue weighted by molar-refractivity contribution is 5.50. The Bertz CT molecular complexity index is 491. The van der Waals surface area contributed by atoms with E-state index in [0.29, 0.717) is 11.5 Å². The van der Waals surface area contributed by atoms with Crippen LogP contribution in [0.5, 0.6) is 0 Å². The lowest BCUT2D eigenvalue weighted by atomic mass is 9.77. The molecule has 1 aliphatic carbocycles. The quantitative estimate of drug-likeness (QED) is 0.373. The lowest BCUT2D eigenvalue weighted by Gasteiger charge is -2.29. The SMILES string of the molecule is CCCCCCCCCC1CCC(c2ccc(C=C(F)F)cc2)CC1. The van der Waals surface area contributed by atoms with E-state index in [4.69, 9.17) is 0 Å². The molecule has 2 rings (SSSR count). The zero-order valence-electron chi connectivity index (χ0n) is 15.8. The maximum absolute atomic E-state index is 12.3. The second-order valence-corrected chi connectivity index (χ2v) is 7.73. The molecule has 1 aliphatic rings. The van der Waals surface area contributed by atoms with Crippen molar-refractivity contribution < 1.29 is 8.78 Å². The monoisotopic (exact) mass is 348 g/mol. The number of hydrogen-bond donors (Lipinski definition) is 0. The van der Waals surface area contributed by atoms with Crippen molar-refractivity contribution in [2.45, 2.75) is 89.9 Å². The molecule has 0 nitrogen and oxygen atoms in total. The molecule has 0 unspecified atom stereocenters. The van der Waals surface area contributed by atoms with E-state index in [0.717, 1.165) is 12.0 Å². The minimum Gasteiger partial charge on any atom is -0.173 e. The van der Waals surface area contributed by atoms with E-state index in [2.05, 4.69) is 6.92 Å². The summed E-state index contributed by atoms with van der Waals surface area (Å²) in [6.07, 6.45) is 15.7. The van der Waals surface area contributed by atoms with Crippen LogP contribution in [0.4, 0.5) is 8.78 Å². The third kappa shape index (κ3) is 7.71. The van der Waals surface area contributed by atoms with Gasteiger partial charge in [0.1, 0.15) is 0 Å². The highest BCUT2D eigenvalue weighted by atomic mass is 19.3. The molecule has 2 heteroatoms. The zero-order valence-corrected chi connectivity index (χ0v) is 15.8. The summed E-state index contributed by atoms with van der Waals surface area (Å²) in [7, 11) is 0. The Morgan fingerprint density at radius 3 is 2.08 bits per heavy atom. The van der Waals surface area contributed by atoms with Gasteiger partial charge in [-0.15, -0.1) is 0 Å². The van der Waals surface area contributed by atoms with Gasteiger partial charge in [-0.25, -0.2) is 0 Å². The van der Waals surface area contributed by atoms with Crippen LogP contribution in [0.25, 0.3) is 6.08 Å². The summed E-state index contributed by atoms with van der Waals surface area (Å²) in [6.45, 7) is 2.27. The van der Waals surface area contributed by atoms with Gasteiger partial charge in [0.05, 0.1) is 0 Å². The lowest BCUT2D eigenvalue weighted by Crippen LogP contribution is -2.13. The standard InChI is InChI=1S/C23H34F2/c1-2-3-4-5-6-7-8-9-19-10-14-21(15-11-19)22-16-12-20(13-17-22)18-23(24)25/h12-13,16-19,21H,2-11,14-15H2,1H3. The smallest absolute Gasteiger partial charge is 0.173 e. The van der Waals surface area contributed by atoms with E-state index >= 15 is 0 Å². The van der Waals surface area contributed by atoms with Crippen molar-refractivity contribution in [1.82, 2.24) is 0 Å². The molecule has 0 N–H and O–H groups in total. The second kappa shape index (κ2) is 11.4. The second-order valence-electron chi connectivity index (χ2n) is 7.73. The predicted molar refractivity (Wildman–Crippen MR) is 104 cm³/mol. The third-order valence-electron chi connectivity index (χ3n) is 5.75. The van der Waals surface area contributed by atoms with Gasteiger partial charge < -0.3 is 0 Å². The Morgan fingerprint density at radius 2 is 1.48 bits per heavy atom. The molecule has 0 saturated heterocycles. The van der Waals surface area contributed by atoms with Crippen LogP contribution >= 0.6 is 0 Å². The van der Waals surface area contributed by atoms with Crippen LogP contribution in [-0.4, -0.2) is 0 Å². The lowest BCUT2D eigenvalue weighted by molar-refractivity contribution is 0.302. The molecule has 0 aliphatic heterocycles. The fourth-order valence-electron chi connectivity index (χ4n) is 4.16. The van der Waals surface area contributed by atoms with E-state index < -0.39 is 6.08 Å². The van der Waals surface area contributed by atoms with Crippen molar-refractivity contribution in [2.24, 2.45) is 5.92 Å². The fourth-order valence-corrected chi connectivity index (χ4v) is 4.16. The number of unbranched alkanes of at least 4 members (excludes halogenated alkanes) is 6. The van der Waals surface area contributed by atoms with Crippen molar-refractivity contribution in [3.05, 3.63) is 41.5 Å². The highest BCUT2D eigenvalue weighted by Crippen LogP contribution is 2.37. The normalized spacial score (nSPS) is 20.4. The van der Waals surface area contributed by atoms with E-state index in [-0.39, 0.29) is 0 Å². The Morgan fingerprint density at radius 1 is 0.880 bits per heavy atom. The van der Waals surface area contributed by atoms with E-state index in [1.54, 1.807) is 0 Å². The van der Waals surface area contributed by atoms with Gasteiger partial charge in [-0.1, -0.05) is 82.6 Å². The Kier molecular flexibility index (Phi) is 9.21. The molecule has 1 fully saturated rings. The van der Waals surface area contributed by atoms with Gasteiger partial charge in [-0.2, -0.15) is 8.78 Å². The van der Waals surface area contributed by atoms with Crippen molar-refractivity contribution in [3.8, 4) is 0 Å². The molecule has 0 aromatic heterocycles. The molecular weight excluding hydrogens is 314 g/mol. The van der Waals surface area contributed by atoms with Crippen LogP contribution in [0.15, 0.2) is 30.3 Å². The third-order valence-corrected chi connectivity index (χ3v) is 5.75. The van der Waals surface area contributed by atoms with Crippen LogP contribution in [0, 0.1) is 5.92 Å². The number of hydrogen-bond acceptors (Lipinski definition) is 0.